The van der Waals surface area contributed by atoms with Crippen molar-refractivity contribution in [2.24, 2.45) is 0 Å². The van der Waals surface area contributed by atoms with Crippen molar-refractivity contribution in [1.29, 1.82) is 0 Å². The lowest BCUT2D eigenvalue weighted by molar-refractivity contribution is 0.128. The molecule has 0 saturated carbocycles. The highest BCUT2D eigenvalue weighted by molar-refractivity contribution is 4.80. The van der Waals surface area contributed by atoms with Crippen molar-refractivity contribution in [3.8, 4) is 0 Å². The third-order valence-electron chi connectivity index (χ3n) is 3.30. The fourth-order valence-corrected chi connectivity index (χ4v) is 2.38. The lowest BCUT2D eigenvalue weighted by atomic mass is 10.2. The Balaban J connectivity index is 2.06. The predicted molar refractivity (Wildman–Crippen MR) is 70.5 cm³/mol. The first kappa shape index (κ1) is 14.9. The Hall–Kier alpha value is -0.160. The molecule has 102 valence electrons. The fraction of sp³-hybridized carbons (Fsp3) is 1.00. The van der Waals surface area contributed by atoms with E-state index in [-0.39, 0.29) is 0 Å². The Morgan fingerprint density at radius 3 is 3.00 bits per heavy atom. The molecule has 0 spiro atoms. The van der Waals surface area contributed by atoms with Crippen LogP contribution in [0.5, 0.6) is 0 Å². The first-order valence-corrected chi connectivity index (χ1v) is 6.90. The van der Waals surface area contributed by atoms with Gasteiger partial charge in [0, 0.05) is 46.0 Å². The second kappa shape index (κ2) is 9.83. The van der Waals surface area contributed by atoms with E-state index in [0.29, 0.717) is 6.04 Å². The van der Waals surface area contributed by atoms with Gasteiger partial charge in [-0.3, -0.25) is 4.90 Å². The highest BCUT2D eigenvalue weighted by atomic mass is 16.5. The Kier molecular flexibility index (Phi) is 8.61. The maximum Gasteiger partial charge on any atom is 0.0587 e. The minimum Gasteiger partial charge on any atom is -0.383 e. The highest BCUT2D eigenvalue weighted by Gasteiger charge is 2.23. The Morgan fingerprint density at radius 2 is 2.24 bits per heavy atom. The van der Waals surface area contributed by atoms with Gasteiger partial charge in [-0.1, -0.05) is 0 Å². The number of methoxy groups -OCH3 is 1. The van der Waals surface area contributed by atoms with Crippen LogP contribution < -0.4 is 5.32 Å². The number of hydrogen-bond acceptors (Lipinski definition) is 4. The van der Waals surface area contributed by atoms with E-state index in [9.17, 15) is 0 Å². The number of nitrogens with one attached hydrogen (secondary N) is 1. The van der Waals surface area contributed by atoms with Gasteiger partial charge in [-0.25, -0.2) is 0 Å². The Morgan fingerprint density at radius 1 is 1.35 bits per heavy atom. The summed E-state index contributed by atoms with van der Waals surface area (Å²) in [6.07, 6.45) is 3.82. The van der Waals surface area contributed by atoms with Gasteiger partial charge in [0.1, 0.15) is 0 Å². The standard InChI is InChI=1S/C13H28N2O2/c1-3-17-10-5-9-15-8-4-6-13(15)12-14-7-11-16-2/h13-14H,3-12H2,1-2H3. The van der Waals surface area contributed by atoms with Gasteiger partial charge in [-0.15, -0.1) is 0 Å². The van der Waals surface area contributed by atoms with E-state index in [0.717, 1.165) is 39.3 Å². The van der Waals surface area contributed by atoms with Gasteiger partial charge >= 0.3 is 0 Å². The maximum atomic E-state index is 5.38. The average Bonchev–Trinajstić information content (AvgIpc) is 2.78. The van der Waals surface area contributed by atoms with Crippen molar-refractivity contribution in [3.63, 3.8) is 0 Å². The molecule has 0 aromatic carbocycles. The van der Waals surface area contributed by atoms with Gasteiger partial charge in [-0.05, 0) is 32.7 Å². The van der Waals surface area contributed by atoms with E-state index in [1.165, 1.54) is 25.9 Å². The molecular formula is C13H28N2O2. The van der Waals surface area contributed by atoms with Crippen LogP contribution in [-0.4, -0.2) is 64.1 Å². The van der Waals surface area contributed by atoms with Crippen LogP contribution >= 0.6 is 0 Å². The molecule has 1 saturated heterocycles. The van der Waals surface area contributed by atoms with Crippen LogP contribution in [0.2, 0.25) is 0 Å². The number of ether oxygens (including phenoxy) is 2. The largest absolute Gasteiger partial charge is 0.383 e. The predicted octanol–water partition coefficient (Wildman–Crippen LogP) is 1.11. The number of rotatable bonds is 10. The van der Waals surface area contributed by atoms with Crippen LogP contribution in [0, 0.1) is 0 Å². The molecule has 0 aliphatic carbocycles. The molecule has 1 atom stereocenters. The summed E-state index contributed by atoms with van der Waals surface area (Å²) in [5, 5.41) is 3.46. The summed E-state index contributed by atoms with van der Waals surface area (Å²) < 4.78 is 10.4. The van der Waals surface area contributed by atoms with Crippen LogP contribution in [0.25, 0.3) is 0 Å². The molecule has 0 aromatic heterocycles. The van der Waals surface area contributed by atoms with Crippen LogP contribution in [-0.2, 0) is 9.47 Å². The molecule has 1 rings (SSSR count). The molecule has 4 heteroatoms. The van der Waals surface area contributed by atoms with Crippen molar-refractivity contribution in [2.75, 3.05) is 53.1 Å². The molecule has 1 aliphatic rings. The van der Waals surface area contributed by atoms with Gasteiger partial charge in [0.2, 0.25) is 0 Å². The van der Waals surface area contributed by atoms with Gasteiger partial charge in [0.25, 0.3) is 0 Å². The van der Waals surface area contributed by atoms with Crippen LogP contribution in [0.3, 0.4) is 0 Å². The van der Waals surface area contributed by atoms with E-state index in [1.54, 1.807) is 7.11 Å². The quantitative estimate of drug-likeness (QED) is 0.584. The summed E-state index contributed by atoms with van der Waals surface area (Å²) in [5.41, 5.74) is 0. The zero-order chi connectivity index (χ0) is 12.3. The monoisotopic (exact) mass is 244 g/mol. The minimum atomic E-state index is 0.716. The first-order valence-electron chi connectivity index (χ1n) is 6.90. The average molecular weight is 244 g/mol. The minimum absolute atomic E-state index is 0.716. The molecule has 1 unspecified atom stereocenters. The summed E-state index contributed by atoms with van der Waals surface area (Å²) in [6.45, 7) is 9.07. The summed E-state index contributed by atoms with van der Waals surface area (Å²) in [4.78, 5) is 2.60. The van der Waals surface area contributed by atoms with Crippen molar-refractivity contribution in [1.82, 2.24) is 10.2 Å². The van der Waals surface area contributed by atoms with Crippen LogP contribution in [0.1, 0.15) is 26.2 Å². The molecule has 4 nitrogen and oxygen atoms in total. The number of hydrogen-bond donors (Lipinski definition) is 1. The molecule has 1 N–H and O–H groups in total. The van der Waals surface area contributed by atoms with E-state index < -0.39 is 0 Å². The molecule has 1 heterocycles. The van der Waals surface area contributed by atoms with Crippen molar-refractivity contribution >= 4 is 0 Å². The Bertz CT molecular complexity index is 161. The first-order chi connectivity index (χ1) is 8.38. The van der Waals surface area contributed by atoms with Gasteiger partial charge in [0.05, 0.1) is 6.61 Å². The smallest absolute Gasteiger partial charge is 0.0587 e. The van der Waals surface area contributed by atoms with E-state index in [2.05, 4.69) is 17.1 Å². The van der Waals surface area contributed by atoms with Gasteiger partial charge in [-0.2, -0.15) is 0 Å². The van der Waals surface area contributed by atoms with Crippen molar-refractivity contribution < 1.29 is 9.47 Å². The molecule has 0 aromatic rings. The summed E-state index contributed by atoms with van der Waals surface area (Å²) in [5.74, 6) is 0. The second-order valence-corrected chi connectivity index (χ2v) is 4.58. The van der Waals surface area contributed by atoms with E-state index in [4.69, 9.17) is 9.47 Å². The van der Waals surface area contributed by atoms with Crippen LogP contribution in [0.15, 0.2) is 0 Å². The molecule has 0 radical (unpaired) electrons. The zero-order valence-corrected chi connectivity index (χ0v) is 11.4. The van der Waals surface area contributed by atoms with E-state index in [1.807, 2.05) is 0 Å². The van der Waals surface area contributed by atoms with Crippen molar-refractivity contribution in [2.45, 2.75) is 32.2 Å². The third kappa shape index (κ3) is 6.36. The molecule has 0 bridgehead atoms. The van der Waals surface area contributed by atoms with Crippen molar-refractivity contribution in [3.05, 3.63) is 0 Å². The highest BCUT2D eigenvalue weighted by Crippen LogP contribution is 2.16. The fourth-order valence-electron chi connectivity index (χ4n) is 2.38. The molecular weight excluding hydrogens is 216 g/mol. The number of nitrogens with zero attached hydrogens (tertiary/aromatic N) is 1. The Labute approximate surface area is 106 Å². The van der Waals surface area contributed by atoms with E-state index >= 15 is 0 Å². The normalized spacial score (nSPS) is 21.2. The molecule has 0 amide bonds. The SMILES string of the molecule is CCOCCCN1CCCC1CNCCOC. The van der Waals surface area contributed by atoms with Crippen LogP contribution in [0.4, 0.5) is 0 Å². The summed E-state index contributed by atoms with van der Waals surface area (Å²) in [7, 11) is 1.75. The lowest BCUT2D eigenvalue weighted by Crippen LogP contribution is -2.39. The molecule has 1 fully saturated rings. The van der Waals surface area contributed by atoms with Gasteiger partial charge < -0.3 is 14.8 Å². The summed E-state index contributed by atoms with van der Waals surface area (Å²) >= 11 is 0. The second-order valence-electron chi connectivity index (χ2n) is 4.58. The lowest BCUT2D eigenvalue weighted by Gasteiger charge is -2.24. The third-order valence-corrected chi connectivity index (χ3v) is 3.30. The summed E-state index contributed by atoms with van der Waals surface area (Å²) in [6, 6.07) is 0.716. The van der Waals surface area contributed by atoms with Gasteiger partial charge in [0.15, 0.2) is 0 Å². The topological polar surface area (TPSA) is 33.7 Å². The zero-order valence-electron chi connectivity index (χ0n) is 11.4. The number of likely N-dealkylation sites (tertiary alicyclic amines) is 1. The molecule has 1 aliphatic heterocycles. The maximum absolute atomic E-state index is 5.38. The molecule has 17 heavy (non-hydrogen) atoms.